The molecule has 76 valence electrons. The third kappa shape index (κ3) is 3.32. The Labute approximate surface area is 78.5 Å². The van der Waals surface area contributed by atoms with E-state index in [4.69, 9.17) is 9.84 Å². The van der Waals surface area contributed by atoms with Crippen molar-refractivity contribution in [2.24, 2.45) is 0 Å². The summed E-state index contributed by atoms with van der Waals surface area (Å²) in [6.07, 6.45) is 3.35. The summed E-state index contributed by atoms with van der Waals surface area (Å²) in [7, 11) is 1.66. The molecule has 0 bridgehead atoms. The van der Waals surface area contributed by atoms with Gasteiger partial charge in [0, 0.05) is 13.2 Å². The van der Waals surface area contributed by atoms with E-state index in [2.05, 4.69) is 0 Å². The fourth-order valence-electron chi connectivity index (χ4n) is 1.82. The van der Waals surface area contributed by atoms with Crippen LogP contribution in [0.25, 0.3) is 0 Å². The van der Waals surface area contributed by atoms with Gasteiger partial charge in [-0.25, -0.2) is 0 Å². The highest BCUT2D eigenvalue weighted by Crippen LogP contribution is 2.16. The van der Waals surface area contributed by atoms with Crippen molar-refractivity contribution >= 4 is 5.97 Å². The van der Waals surface area contributed by atoms with Gasteiger partial charge in [-0.05, 0) is 19.4 Å². The van der Waals surface area contributed by atoms with Gasteiger partial charge >= 0.3 is 5.97 Å². The Morgan fingerprint density at radius 2 is 2.38 bits per heavy atom. The minimum atomic E-state index is -0.747. The van der Waals surface area contributed by atoms with Gasteiger partial charge in [0.15, 0.2) is 0 Å². The monoisotopic (exact) mass is 187 g/mol. The number of likely N-dealkylation sites (tertiary alicyclic amines) is 1. The number of rotatable bonds is 4. The third-order valence-electron chi connectivity index (χ3n) is 2.45. The highest BCUT2D eigenvalue weighted by Gasteiger charge is 2.23. The summed E-state index contributed by atoms with van der Waals surface area (Å²) in [6.45, 7) is 1.68. The number of hydrogen-bond acceptors (Lipinski definition) is 3. The van der Waals surface area contributed by atoms with E-state index >= 15 is 0 Å². The molecule has 0 radical (unpaired) electrons. The number of aliphatic carboxylic acids is 1. The standard InChI is InChI=1S/C9H17NO3/c1-13-7-8-4-2-3-5-10(8)6-9(11)12/h8H,2-7H2,1H3,(H,11,12)/t8-/m1/s1. The lowest BCUT2D eigenvalue weighted by atomic mass is 10.0. The third-order valence-corrected chi connectivity index (χ3v) is 2.45. The molecule has 1 saturated heterocycles. The highest BCUT2D eigenvalue weighted by molar-refractivity contribution is 5.69. The zero-order valence-electron chi connectivity index (χ0n) is 8.03. The predicted octanol–water partition coefficient (Wildman–Crippen LogP) is 0.572. The second-order valence-corrected chi connectivity index (χ2v) is 3.47. The number of carboxylic acids is 1. The van der Waals surface area contributed by atoms with Gasteiger partial charge in [-0.2, -0.15) is 0 Å². The Morgan fingerprint density at radius 3 is 3.00 bits per heavy atom. The average Bonchev–Trinajstić information content (AvgIpc) is 2.08. The van der Waals surface area contributed by atoms with Gasteiger partial charge in [0.2, 0.25) is 0 Å². The van der Waals surface area contributed by atoms with Crippen molar-refractivity contribution in [3.8, 4) is 0 Å². The molecule has 1 fully saturated rings. The van der Waals surface area contributed by atoms with Crippen LogP contribution in [0.2, 0.25) is 0 Å². The predicted molar refractivity (Wildman–Crippen MR) is 48.7 cm³/mol. The second kappa shape index (κ2) is 5.19. The topological polar surface area (TPSA) is 49.8 Å². The Hall–Kier alpha value is -0.610. The van der Waals surface area contributed by atoms with Gasteiger partial charge in [0.25, 0.3) is 0 Å². The van der Waals surface area contributed by atoms with Crippen LogP contribution >= 0.6 is 0 Å². The number of hydrogen-bond donors (Lipinski definition) is 1. The summed E-state index contributed by atoms with van der Waals surface area (Å²) in [6, 6.07) is 0.301. The van der Waals surface area contributed by atoms with Crippen LogP contribution in [0.5, 0.6) is 0 Å². The van der Waals surface area contributed by atoms with E-state index in [0.29, 0.717) is 12.6 Å². The van der Waals surface area contributed by atoms with Gasteiger partial charge in [0.05, 0.1) is 13.2 Å². The average molecular weight is 187 g/mol. The summed E-state index contributed by atoms with van der Waals surface area (Å²) in [5.41, 5.74) is 0. The van der Waals surface area contributed by atoms with Crippen molar-refractivity contribution in [1.82, 2.24) is 4.90 Å². The van der Waals surface area contributed by atoms with Crippen LogP contribution in [0.1, 0.15) is 19.3 Å². The van der Waals surface area contributed by atoms with Crippen molar-refractivity contribution in [2.45, 2.75) is 25.3 Å². The molecular formula is C9H17NO3. The van der Waals surface area contributed by atoms with E-state index in [0.717, 1.165) is 19.4 Å². The summed E-state index contributed by atoms with van der Waals surface area (Å²) in [5, 5.41) is 8.67. The van der Waals surface area contributed by atoms with E-state index in [9.17, 15) is 4.79 Å². The molecule has 4 heteroatoms. The minimum Gasteiger partial charge on any atom is -0.480 e. The number of methoxy groups -OCH3 is 1. The maximum Gasteiger partial charge on any atom is 0.317 e. The first-order valence-corrected chi connectivity index (χ1v) is 4.69. The first-order chi connectivity index (χ1) is 6.24. The first kappa shape index (κ1) is 10.5. The van der Waals surface area contributed by atoms with Gasteiger partial charge in [-0.3, -0.25) is 9.69 Å². The van der Waals surface area contributed by atoms with E-state index < -0.39 is 5.97 Å². The normalized spacial score (nSPS) is 24.5. The van der Waals surface area contributed by atoms with E-state index in [-0.39, 0.29) is 6.54 Å². The van der Waals surface area contributed by atoms with Gasteiger partial charge in [-0.1, -0.05) is 6.42 Å². The summed E-state index contributed by atoms with van der Waals surface area (Å²) < 4.78 is 5.06. The van der Waals surface area contributed by atoms with Crippen molar-refractivity contribution in [3.63, 3.8) is 0 Å². The summed E-state index contributed by atoms with van der Waals surface area (Å²) in [5.74, 6) is -0.747. The SMILES string of the molecule is COC[C@H]1CCCCN1CC(=O)O. The number of carbonyl (C=O) groups is 1. The fourth-order valence-corrected chi connectivity index (χ4v) is 1.82. The first-order valence-electron chi connectivity index (χ1n) is 4.69. The molecule has 0 aromatic rings. The zero-order chi connectivity index (χ0) is 9.68. The number of nitrogens with zero attached hydrogens (tertiary/aromatic N) is 1. The lowest BCUT2D eigenvalue weighted by molar-refractivity contribution is -0.139. The molecule has 0 saturated carbocycles. The molecule has 4 nitrogen and oxygen atoms in total. The highest BCUT2D eigenvalue weighted by atomic mass is 16.5. The second-order valence-electron chi connectivity index (χ2n) is 3.47. The molecule has 1 aliphatic rings. The lowest BCUT2D eigenvalue weighted by Crippen LogP contribution is -2.44. The van der Waals surface area contributed by atoms with Crippen LogP contribution in [0.3, 0.4) is 0 Å². The van der Waals surface area contributed by atoms with Gasteiger partial charge in [-0.15, -0.1) is 0 Å². The smallest absolute Gasteiger partial charge is 0.317 e. The molecule has 1 atom stereocenters. The number of ether oxygens (including phenoxy) is 1. The van der Waals surface area contributed by atoms with Crippen molar-refractivity contribution < 1.29 is 14.6 Å². The Balaban J connectivity index is 2.41. The van der Waals surface area contributed by atoms with E-state index in [1.165, 1.54) is 6.42 Å². The quantitative estimate of drug-likeness (QED) is 0.699. The van der Waals surface area contributed by atoms with Crippen molar-refractivity contribution in [3.05, 3.63) is 0 Å². The molecule has 1 aliphatic heterocycles. The molecule has 0 amide bonds. The summed E-state index contributed by atoms with van der Waals surface area (Å²) in [4.78, 5) is 12.5. The van der Waals surface area contributed by atoms with E-state index in [1.807, 2.05) is 4.90 Å². The Morgan fingerprint density at radius 1 is 1.62 bits per heavy atom. The molecule has 0 aromatic carbocycles. The van der Waals surface area contributed by atoms with Crippen molar-refractivity contribution in [1.29, 1.82) is 0 Å². The molecule has 1 N–H and O–H groups in total. The number of carboxylic acid groups (broad SMARTS) is 1. The van der Waals surface area contributed by atoms with Crippen LogP contribution in [-0.4, -0.2) is 48.8 Å². The molecule has 0 unspecified atom stereocenters. The molecular weight excluding hydrogens is 170 g/mol. The van der Waals surface area contributed by atoms with Gasteiger partial charge < -0.3 is 9.84 Å². The molecule has 13 heavy (non-hydrogen) atoms. The molecule has 1 heterocycles. The van der Waals surface area contributed by atoms with Crippen molar-refractivity contribution in [2.75, 3.05) is 26.8 Å². The van der Waals surface area contributed by atoms with Crippen LogP contribution < -0.4 is 0 Å². The maximum absolute atomic E-state index is 10.5. The number of piperidine rings is 1. The summed E-state index contributed by atoms with van der Waals surface area (Å²) >= 11 is 0. The zero-order valence-corrected chi connectivity index (χ0v) is 8.03. The molecule has 0 aromatic heterocycles. The van der Waals surface area contributed by atoms with Gasteiger partial charge in [0.1, 0.15) is 0 Å². The minimum absolute atomic E-state index is 0.147. The fraction of sp³-hybridized carbons (Fsp3) is 0.889. The lowest BCUT2D eigenvalue weighted by Gasteiger charge is -2.33. The molecule has 1 rings (SSSR count). The Bertz CT molecular complexity index is 170. The van der Waals surface area contributed by atoms with Crippen LogP contribution in [0.4, 0.5) is 0 Å². The van der Waals surface area contributed by atoms with Crippen LogP contribution in [-0.2, 0) is 9.53 Å². The van der Waals surface area contributed by atoms with E-state index in [1.54, 1.807) is 7.11 Å². The molecule has 0 aliphatic carbocycles. The largest absolute Gasteiger partial charge is 0.480 e. The van der Waals surface area contributed by atoms with Crippen LogP contribution in [0.15, 0.2) is 0 Å². The van der Waals surface area contributed by atoms with Crippen LogP contribution in [0, 0.1) is 0 Å². The maximum atomic E-state index is 10.5. The molecule has 0 spiro atoms. The Kier molecular flexibility index (Phi) is 4.18.